The molecule has 2 amide bonds. The Kier molecular flexibility index (Phi) is 3.99. The standard InChI is InChI=1S/C22H26N2O3/c25-20-6-9-22(15-24(20)13-16-2-3-16)8-1-10-23(14-22)21(26)18-4-5-19-17(12-18)7-11-27-19/h4-5,7,11-12,16H,1-3,6,8-10,13-15H2/t22-/m1/s1. The van der Waals surface area contributed by atoms with Crippen LogP contribution in [-0.2, 0) is 4.79 Å². The van der Waals surface area contributed by atoms with Gasteiger partial charge in [0.05, 0.1) is 6.26 Å². The van der Waals surface area contributed by atoms with Crippen molar-refractivity contribution in [2.75, 3.05) is 26.2 Å². The quantitative estimate of drug-likeness (QED) is 0.832. The van der Waals surface area contributed by atoms with Gasteiger partial charge in [0, 0.05) is 49.0 Å². The molecule has 1 atom stereocenters. The Labute approximate surface area is 159 Å². The van der Waals surface area contributed by atoms with Crippen LogP contribution in [0, 0.1) is 11.3 Å². The van der Waals surface area contributed by atoms with Gasteiger partial charge in [0.15, 0.2) is 0 Å². The number of fused-ring (bicyclic) bond motifs is 1. The van der Waals surface area contributed by atoms with Crippen LogP contribution in [0.15, 0.2) is 34.9 Å². The van der Waals surface area contributed by atoms with E-state index in [-0.39, 0.29) is 11.3 Å². The van der Waals surface area contributed by atoms with Gasteiger partial charge in [-0.25, -0.2) is 0 Å². The number of carbonyl (C=O) groups is 2. The molecule has 1 saturated carbocycles. The lowest BCUT2D eigenvalue weighted by Gasteiger charge is -2.48. The van der Waals surface area contributed by atoms with Crippen LogP contribution < -0.4 is 0 Å². The molecule has 1 spiro atoms. The van der Waals surface area contributed by atoms with Gasteiger partial charge in [-0.2, -0.15) is 0 Å². The molecule has 1 aromatic heterocycles. The predicted octanol–water partition coefficient (Wildman–Crippen LogP) is 3.69. The van der Waals surface area contributed by atoms with Crippen molar-refractivity contribution >= 4 is 22.8 Å². The summed E-state index contributed by atoms with van der Waals surface area (Å²) in [6.45, 7) is 3.32. The molecule has 1 aliphatic carbocycles. The van der Waals surface area contributed by atoms with Crippen LogP contribution in [0.1, 0.15) is 48.9 Å². The molecule has 0 N–H and O–H groups in total. The van der Waals surface area contributed by atoms with Crippen molar-refractivity contribution in [3.63, 3.8) is 0 Å². The van der Waals surface area contributed by atoms with E-state index < -0.39 is 0 Å². The molecule has 27 heavy (non-hydrogen) atoms. The third-order valence-corrected chi connectivity index (χ3v) is 6.57. The third kappa shape index (κ3) is 3.24. The molecule has 2 saturated heterocycles. The third-order valence-electron chi connectivity index (χ3n) is 6.57. The van der Waals surface area contributed by atoms with Crippen molar-refractivity contribution in [1.82, 2.24) is 9.80 Å². The molecule has 0 radical (unpaired) electrons. The predicted molar refractivity (Wildman–Crippen MR) is 102 cm³/mol. The maximum atomic E-state index is 13.1. The van der Waals surface area contributed by atoms with Gasteiger partial charge in [-0.3, -0.25) is 9.59 Å². The van der Waals surface area contributed by atoms with Gasteiger partial charge in [0.2, 0.25) is 5.91 Å². The molecule has 5 rings (SSSR count). The second-order valence-corrected chi connectivity index (χ2v) is 8.72. The van der Waals surface area contributed by atoms with Gasteiger partial charge in [-0.15, -0.1) is 0 Å². The molecule has 1 aromatic carbocycles. The summed E-state index contributed by atoms with van der Waals surface area (Å²) in [7, 11) is 0. The molecular weight excluding hydrogens is 340 g/mol. The second-order valence-electron chi connectivity index (χ2n) is 8.72. The number of nitrogens with zero attached hydrogens (tertiary/aromatic N) is 2. The number of likely N-dealkylation sites (tertiary alicyclic amines) is 2. The Morgan fingerprint density at radius 1 is 1.19 bits per heavy atom. The van der Waals surface area contributed by atoms with Crippen LogP contribution >= 0.6 is 0 Å². The van der Waals surface area contributed by atoms with Gasteiger partial charge in [-0.1, -0.05) is 0 Å². The highest BCUT2D eigenvalue weighted by Crippen LogP contribution is 2.41. The summed E-state index contributed by atoms with van der Waals surface area (Å²) in [5.41, 5.74) is 1.61. The zero-order chi connectivity index (χ0) is 18.4. The number of carbonyl (C=O) groups excluding carboxylic acids is 2. The van der Waals surface area contributed by atoms with E-state index in [0.717, 1.165) is 62.0 Å². The molecule has 142 valence electrons. The maximum Gasteiger partial charge on any atom is 0.253 e. The molecule has 5 heteroatoms. The Morgan fingerprint density at radius 2 is 2.07 bits per heavy atom. The lowest BCUT2D eigenvalue weighted by molar-refractivity contribution is -0.139. The fourth-order valence-corrected chi connectivity index (χ4v) is 4.88. The zero-order valence-corrected chi connectivity index (χ0v) is 15.7. The first kappa shape index (κ1) is 16.8. The maximum absolute atomic E-state index is 13.1. The number of hydrogen-bond acceptors (Lipinski definition) is 3. The Bertz CT molecular complexity index is 885. The summed E-state index contributed by atoms with van der Waals surface area (Å²) < 4.78 is 5.38. The van der Waals surface area contributed by atoms with Gasteiger partial charge in [-0.05, 0) is 62.3 Å². The highest BCUT2D eigenvalue weighted by molar-refractivity contribution is 5.97. The van der Waals surface area contributed by atoms with Gasteiger partial charge in [0.25, 0.3) is 5.91 Å². The first-order valence-electron chi connectivity index (χ1n) is 10.2. The zero-order valence-electron chi connectivity index (χ0n) is 15.7. The summed E-state index contributed by atoms with van der Waals surface area (Å²) in [6, 6.07) is 7.55. The highest BCUT2D eigenvalue weighted by atomic mass is 16.3. The summed E-state index contributed by atoms with van der Waals surface area (Å²) in [5.74, 6) is 1.12. The van der Waals surface area contributed by atoms with E-state index in [0.29, 0.717) is 18.2 Å². The van der Waals surface area contributed by atoms with E-state index in [1.807, 2.05) is 29.2 Å². The average molecular weight is 366 g/mol. The highest BCUT2D eigenvalue weighted by Gasteiger charge is 2.43. The number of furan rings is 1. The van der Waals surface area contributed by atoms with E-state index in [1.54, 1.807) is 6.26 Å². The Balaban J connectivity index is 1.33. The van der Waals surface area contributed by atoms with Crippen LogP contribution in [-0.4, -0.2) is 47.8 Å². The Hall–Kier alpha value is -2.30. The minimum absolute atomic E-state index is 0.0798. The first-order valence-corrected chi connectivity index (χ1v) is 10.2. The SMILES string of the molecule is O=C1CC[C@@]2(CCCN(C(=O)c3ccc4occc4c3)C2)CN1CC1CC1. The molecule has 3 aliphatic rings. The fraction of sp³-hybridized carbons (Fsp3) is 0.545. The molecular formula is C22H26N2O3. The number of amides is 2. The van der Waals surface area contributed by atoms with Crippen molar-refractivity contribution < 1.29 is 14.0 Å². The van der Waals surface area contributed by atoms with Crippen LogP contribution in [0.2, 0.25) is 0 Å². The molecule has 5 nitrogen and oxygen atoms in total. The Morgan fingerprint density at radius 3 is 2.93 bits per heavy atom. The summed E-state index contributed by atoms with van der Waals surface area (Å²) in [5, 5.41) is 0.964. The molecule has 3 heterocycles. The van der Waals surface area contributed by atoms with Crippen molar-refractivity contribution in [1.29, 1.82) is 0 Å². The molecule has 0 unspecified atom stereocenters. The lowest BCUT2D eigenvalue weighted by atomic mass is 9.73. The largest absolute Gasteiger partial charge is 0.464 e. The number of rotatable bonds is 3. The van der Waals surface area contributed by atoms with E-state index in [9.17, 15) is 9.59 Å². The number of benzene rings is 1. The molecule has 0 bridgehead atoms. The summed E-state index contributed by atoms with van der Waals surface area (Å²) in [4.78, 5) is 29.6. The van der Waals surface area contributed by atoms with Crippen molar-refractivity contribution in [3.05, 3.63) is 36.1 Å². The van der Waals surface area contributed by atoms with Crippen LogP contribution in [0.5, 0.6) is 0 Å². The van der Waals surface area contributed by atoms with Gasteiger partial charge < -0.3 is 14.2 Å². The topological polar surface area (TPSA) is 53.8 Å². The number of hydrogen-bond donors (Lipinski definition) is 0. The van der Waals surface area contributed by atoms with Crippen LogP contribution in [0.25, 0.3) is 11.0 Å². The minimum Gasteiger partial charge on any atom is -0.464 e. The van der Waals surface area contributed by atoms with E-state index in [2.05, 4.69) is 4.90 Å². The second kappa shape index (κ2) is 6.39. The van der Waals surface area contributed by atoms with E-state index in [1.165, 1.54) is 12.8 Å². The summed E-state index contributed by atoms with van der Waals surface area (Å²) >= 11 is 0. The smallest absolute Gasteiger partial charge is 0.253 e. The first-order chi connectivity index (χ1) is 13.1. The molecule has 3 fully saturated rings. The van der Waals surface area contributed by atoms with Crippen LogP contribution in [0.4, 0.5) is 0 Å². The lowest BCUT2D eigenvalue weighted by Crippen LogP contribution is -2.55. The average Bonchev–Trinajstić information content (AvgIpc) is 3.37. The molecule has 2 aromatic rings. The van der Waals surface area contributed by atoms with Gasteiger partial charge >= 0.3 is 0 Å². The van der Waals surface area contributed by atoms with Crippen molar-refractivity contribution in [3.8, 4) is 0 Å². The normalized spacial score (nSPS) is 26.1. The van der Waals surface area contributed by atoms with Gasteiger partial charge in [0.1, 0.15) is 5.58 Å². The van der Waals surface area contributed by atoms with Crippen LogP contribution in [0.3, 0.4) is 0 Å². The minimum atomic E-state index is 0.0798. The monoisotopic (exact) mass is 366 g/mol. The fourth-order valence-electron chi connectivity index (χ4n) is 4.88. The van der Waals surface area contributed by atoms with E-state index in [4.69, 9.17) is 4.42 Å². The van der Waals surface area contributed by atoms with Crippen molar-refractivity contribution in [2.45, 2.75) is 38.5 Å². The molecule has 2 aliphatic heterocycles. The summed E-state index contributed by atoms with van der Waals surface area (Å²) in [6.07, 6.45) is 7.86. The van der Waals surface area contributed by atoms with E-state index >= 15 is 0 Å². The number of piperidine rings is 2. The van der Waals surface area contributed by atoms with Crippen molar-refractivity contribution in [2.24, 2.45) is 11.3 Å².